The molecule has 104 valence electrons. The third-order valence-electron chi connectivity index (χ3n) is 3.37. The third kappa shape index (κ3) is 5.49. The van der Waals surface area contributed by atoms with E-state index in [0.29, 0.717) is 18.8 Å². The van der Waals surface area contributed by atoms with Gasteiger partial charge in [0.2, 0.25) is 5.91 Å². The summed E-state index contributed by atoms with van der Waals surface area (Å²) in [6.45, 7) is 2.73. The third-order valence-corrected chi connectivity index (χ3v) is 3.37. The minimum absolute atomic E-state index is 0.0861. The van der Waals surface area contributed by atoms with Gasteiger partial charge in [0, 0.05) is 32.5 Å². The molecule has 0 aliphatic carbocycles. The van der Waals surface area contributed by atoms with Gasteiger partial charge < -0.3 is 14.9 Å². The normalized spacial score (nSPS) is 17.2. The van der Waals surface area contributed by atoms with Crippen molar-refractivity contribution in [2.45, 2.75) is 32.1 Å². The van der Waals surface area contributed by atoms with Gasteiger partial charge in [0.25, 0.3) is 0 Å². The van der Waals surface area contributed by atoms with E-state index in [9.17, 15) is 9.59 Å². The second-order valence-electron chi connectivity index (χ2n) is 5.33. The molecule has 1 rings (SSSR count). The molecule has 1 amide bonds. The van der Waals surface area contributed by atoms with E-state index in [1.807, 2.05) is 4.90 Å². The van der Waals surface area contributed by atoms with Gasteiger partial charge in [-0.25, -0.2) is 0 Å². The van der Waals surface area contributed by atoms with E-state index in [-0.39, 0.29) is 12.3 Å². The average Bonchev–Trinajstić information content (AvgIpc) is 2.28. The van der Waals surface area contributed by atoms with Gasteiger partial charge >= 0.3 is 5.97 Å². The number of carboxylic acids is 1. The standard InChI is InChI=1S/C13H24N2O3/c1-14(2)10-11-6-8-15(9-7-11)12(16)4-3-5-13(17)18/h11H,3-10H2,1-2H3,(H,17,18). The summed E-state index contributed by atoms with van der Waals surface area (Å²) in [6.07, 6.45) is 3.02. The van der Waals surface area contributed by atoms with E-state index in [1.54, 1.807) is 0 Å². The van der Waals surface area contributed by atoms with E-state index < -0.39 is 5.97 Å². The Labute approximate surface area is 109 Å². The highest BCUT2D eigenvalue weighted by molar-refractivity contribution is 5.77. The smallest absolute Gasteiger partial charge is 0.303 e. The zero-order valence-corrected chi connectivity index (χ0v) is 11.4. The lowest BCUT2D eigenvalue weighted by molar-refractivity contribution is -0.137. The van der Waals surface area contributed by atoms with Crippen molar-refractivity contribution in [1.82, 2.24) is 9.80 Å². The summed E-state index contributed by atoms with van der Waals surface area (Å²) in [6, 6.07) is 0. The molecule has 18 heavy (non-hydrogen) atoms. The highest BCUT2D eigenvalue weighted by Gasteiger charge is 2.22. The minimum Gasteiger partial charge on any atom is -0.481 e. The topological polar surface area (TPSA) is 60.9 Å². The van der Waals surface area contributed by atoms with Gasteiger partial charge in [-0.3, -0.25) is 9.59 Å². The van der Waals surface area contributed by atoms with Crippen LogP contribution in [0, 0.1) is 5.92 Å². The van der Waals surface area contributed by atoms with Crippen LogP contribution >= 0.6 is 0 Å². The fourth-order valence-electron chi connectivity index (χ4n) is 2.43. The molecule has 1 aliphatic heterocycles. The number of likely N-dealkylation sites (tertiary alicyclic amines) is 1. The second kappa shape index (κ2) is 7.36. The highest BCUT2D eigenvalue weighted by Crippen LogP contribution is 2.18. The fourth-order valence-corrected chi connectivity index (χ4v) is 2.43. The quantitative estimate of drug-likeness (QED) is 0.771. The van der Waals surface area contributed by atoms with E-state index in [4.69, 9.17) is 5.11 Å². The van der Waals surface area contributed by atoms with Crippen molar-refractivity contribution in [3.63, 3.8) is 0 Å². The highest BCUT2D eigenvalue weighted by atomic mass is 16.4. The Morgan fingerprint density at radius 2 is 1.83 bits per heavy atom. The number of amides is 1. The molecule has 1 aliphatic rings. The molecule has 0 unspecified atom stereocenters. The van der Waals surface area contributed by atoms with E-state index in [1.165, 1.54) is 0 Å². The van der Waals surface area contributed by atoms with Gasteiger partial charge in [-0.2, -0.15) is 0 Å². The molecule has 0 aromatic rings. The first-order valence-corrected chi connectivity index (χ1v) is 6.63. The van der Waals surface area contributed by atoms with Crippen molar-refractivity contribution in [3.8, 4) is 0 Å². The number of carboxylic acid groups (broad SMARTS) is 1. The van der Waals surface area contributed by atoms with Crippen molar-refractivity contribution in [2.24, 2.45) is 5.92 Å². The van der Waals surface area contributed by atoms with Crippen molar-refractivity contribution < 1.29 is 14.7 Å². The van der Waals surface area contributed by atoms with Crippen LogP contribution in [-0.4, -0.2) is 60.5 Å². The van der Waals surface area contributed by atoms with Crippen LogP contribution in [0.1, 0.15) is 32.1 Å². The maximum atomic E-state index is 11.8. The lowest BCUT2D eigenvalue weighted by atomic mass is 9.96. The summed E-state index contributed by atoms with van der Waals surface area (Å²) >= 11 is 0. The number of carbonyl (C=O) groups is 2. The average molecular weight is 256 g/mol. The fraction of sp³-hybridized carbons (Fsp3) is 0.846. The van der Waals surface area contributed by atoms with Crippen LogP contribution in [0.4, 0.5) is 0 Å². The first kappa shape index (κ1) is 15.0. The summed E-state index contributed by atoms with van der Waals surface area (Å²) in [4.78, 5) is 26.3. The molecule has 1 saturated heterocycles. The molecular formula is C13H24N2O3. The van der Waals surface area contributed by atoms with E-state index >= 15 is 0 Å². The molecule has 1 N–H and O–H groups in total. The number of nitrogens with zero attached hydrogens (tertiary/aromatic N) is 2. The Kier molecular flexibility index (Phi) is 6.12. The van der Waals surface area contributed by atoms with Gasteiger partial charge in [-0.15, -0.1) is 0 Å². The molecule has 0 radical (unpaired) electrons. The summed E-state index contributed by atoms with van der Waals surface area (Å²) in [7, 11) is 4.15. The Morgan fingerprint density at radius 1 is 1.22 bits per heavy atom. The zero-order chi connectivity index (χ0) is 13.5. The minimum atomic E-state index is -0.826. The number of hydrogen-bond acceptors (Lipinski definition) is 3. The van der Waals surface area contributed by atoms with Gasteiger partial charge in [-0.05, 0) is 39.3 Å². The summed E-state index contributed by atoms with van der Waals surface area (Å²) in [5.74, 6) is -0.0323. The number of carbonyl (C=O) groups excluding carboxylic acids is 1. The number of rotatable bonds is 6. The van der Waals surface area contributed by atoms with Crippen molar-refractivity contribution >= 4 is 11.9 Å². The van der Waals surface area contributed by atoms with Crippen LogP contribution in [0.5, 0.6) is 0 Å². The molecule has 0 aromatic heterocycles. The number of hydrogen-bond donors (Lipinski definition) is 1. The maximum absolute atomic E-state index is 11.8. The maximum Gasteiger partial charge on any atom is 0.303 e. The van der Waals surface area contributed by atoms with Crippen LogP contribution < -0.4 is 0 Å². The van der Waals surface area contributed by atoms with Crippen molar-refractivity contribution in [2.75, 3.05) is 33.7 Å². The number of piperidine rings is 1. The largest absolute Gasteiger partial charge is 0.481 e. The molecule has 0 bridgehead atoms. The number of aliphatic carboxylic acids is 1. The lowest BCUT2D eigenvalue weighted by Gasteiger charge is -2.33. The zero-order valence-electron chi connectivity index (χ0n) is 11.4. The predicted molar refractivity (Wildman–Crippen MR) is 69.3 cm³/mol. The molecular weight excluding hydrogens is 232 g/mol. The van der Waals surface area contributed by atoms with E-state index in [0.717, 1.165) is 32.5 Å². The summed E-state index contributed by atoms with van der Waals surface area (Å²) < 4.78 is 0. The lowest BCUT2D eigenvalue weighted by Crippen LogP contribution is -2.40. The Balaban J connectivity index is 2.21. The SMILES string of the molecule is CN(C)CC1CCN(C(=O)CCCC(=O)O)CC1. The van der Waals surface area contributed by atoms with Crippen LogP contribution in [-0.2, 0) is 9.59 Å². The van der Waals surface area contributed by atoms with Crippen LogP contribution in [0.2, 0.25) is 0 Å². The Bertz CT molecular complexity index is 284. The first-order valence-electron chi connectivity index (χ1n) is 6.63. The Hall–Kier alpha value is -1.10. The summed E-state index contributed by atoms with van der Waals surface area (Å²) in [5, 5.41) is 8.53. The molecule has 0 saturated carbocycles. The molecule has 5 nitrogen and oxygen atoms in total. The first-order chi connectivity index (χ1) is 8.49. The molecule has 0 atom stereocenters. The second-order valence-corrected chi connectivity index (χ2v) is 5.33. The van der Waals surface area contributed by atoms with Crippen molar-refractivity contribution in [3.05, 3.63) is 0 Å². The van der Waals surface area contributed by atoms with Gasteiger partial charge in [0.1, 0.15) is 0 Å². The van der Waals surface area contributed by atoms with Crippen LogP contribution in [0.15, 0.2) is 0 Å². The molecule has 0 aromatic carbocycles. The van der Waals surface area contributed by atoms with Gasteiger partial charge in [0.15, 0.2) is 0 Å². The summed E-state index contributed by atoms with van der Waals surface area (Å²) in [5.41, 5.74) is 0. The van der Waals surface area contributed by atoms with Gasteiger partial charge in [0.05, 0.1) is 0 Å². The molecule has 5 heteroatoms. The molecule has 1 heterocycles. The molecule has 0 spiro atoms. The van der Waals surface area contributed by atoms with Crippen LogP contribution in [0.3, 0.4) is 0 Å². The predicted octanol–water partition coefficient (Wildman–Crippen LogP) is 1.04. The molecule has 1 fully saturated rings. The van der Waals surface area contributed by atoms with Crippen LogP contribution in [0.25, 0.3) is 0 Å². The Morgan fingerprint density at radius 3 is 2.33 bits per heavy atom. The van der Waals surface area contributed by atoms with E-state index in [2.05, 4.69) is 19.0 Å². The van der Waals surface area contributed by atoms with Crippen molar-refractivity contribution in [1.29, 1.82) is 0 Å². The monoisotopic (exact) mass is 256 g/mol. The van der Waals surface area contributed by atoms with Gasteiger partial charge in [-0.1, -0.05) is 0 Å².